The molecule has 0 saturated heterocycles. The van der Waals surface area contributed by atoms with Gasteiger partial charge in [0.2, 0.25) is 0 Å². The van der Waals surface area contributed by atoms with Crippen LogP contribution in [0, 0.1) is 0 Å². The summed E-state index contributed by atoms with van der Waals surface area (Å²) in [5.41, 5.74) is 8.29. The standard InChI is InChI=1S/C31H46N4O7/c1-3-4-5-12-33-31-30-25(7-6-8-28(32)34-31)11-13-35(30)21-26-10-9-24(20-27(26)38-2)22-41-18-16-39-14-15-40-17-19-42-23-29(36)37/h7,9-11,13,20,33H,3-6,8,12,14-19,21-23H2,1-2H3,(H2,32,34)(H,36,37)/b25-7-,31-30+. The zero-order valence-electron chi connectivity index (χ0n) is 24.9. The minimum absolute atomic E-state index is 0.239. The van der Waals surface area contributed by atoms with Gasteiger partial charge in [-0.15, -0.1) is 0 Å². The zero-order valence-corrected chi connectivity index (χ0v) is 24.9. The Morgan fingerprint density at radius 1 is 1.05 bits per heavy atom. The van der Waals surface area contributed by atoms with Crippen LogP contribution in [-0.2, 0) is 36.9 Å². The van der Waals surface area contributed by atoms with Crippen LogP contribution in [0.5, 0.6) is 5.75 Å². The summed E-state index contributed by atoms with van der Waals surface area (Å²) < 4.78 is 29.5. The Hall–Kier alpha value is -3.38. The van der Waals surface area contributed by atoms with Crippen LogP contribution in [0.3, 0.4) is 0 Å². The lowest BCUT2D eigenvalue weighted by atomic mass is 10.1. The molecule has 1 aromatic carbocycles. The first-order valence-electron chi connectivity index (χ1n) is 14.7. The largest absolute Gasteiger partial charge is 0.496 e. The molecule has 1 aliphatic rings. The summed E-state index contributed by atoms with van der Waals surface area (Å²) in [4.78, 5) is 15.1. The van der Waals surface area contributed by atoms with Crippen molar-refractivity contribution in [2.45, 2.75) is 52.2 Å². The SMILES string of the molecule is CCCCCNC1=c2/c(ccn2Cc2ccc(COCCOCCOCCOCC(=O)O)cc2OC)=C\CC/C(N)=N\1. The lowest BCUT2D eigenvalue weighted by molar-refractivity contribution is -0.142. The number of nitrogens with one attached hydrogen (secondary N) is 1. The molecule has 0 bridgehead atoms. The van der Waals surface area contributed by atoms with E-state index in [0.29, 0.717) is 52.0 Å². The molecular weight excluding hydrogens is 540 g/mol. The highest BCUT2D eigenvalue weighted by Crippen LogP contribution is 2.21. The molecule has 0 unspecified atom stereocenters. The Balaban J connectivity index is 1.53. The van der Waals surface area contributed by atoms with E-state index >= 15 is 0 Å². The first-order chi connectivity index (χ1) is 20.5. The normalized spacial score (nSPS) is 16.4. The number of amidine groups is 1. The van der Waals surface area contributed by atoms with Gasteiger partial charge in [-0.25, -0.2) is 9.79 Å². The summed E-state index contributed by atoms with van der Waals surface area (Å²) in [6.45, 7) is 6.11. The van der Waals surface area contributed by atoms with Crippen LogP contribution in [0.15, 0.2) is 35.5 Å². The van der Waals surface area contributed by atoms with Gasteiger partial charge in [0.15, 0.2) is 5.82 Å². The number of aromatic nitrogens is 1. The number of nitrogens with two attached hydrogens (primary N) is 1. The van der Waals surface area contributed by atoms with E-state index in [2.05, 4.69) is 47.3 Å². The van der Waals surface area contributed by atoms with E-state index < -0.39 is 5.97 Å². The Kier molecular flexibility index (Phi) is 14.9. The number of hydrogen-bond donors (Lipinski definition) is 3. The second-order valence-corrected chi connectivity index (χ2v) is 9.95. The third-order valence-corrected chi connectivity index (χ3v) is 6.61. The molecule has 11 heteroatoms. The molecule has 4 N–H and O–H groups in total. The van der Waals surface area contributed by atoms with E-state index in [1.54, 1.807) is 7.11 Å². The van der Waals surface area contributed by atoms with Crippen LogP contribution in [0.2, 0.25) is 0 Å². The summed E-state index contributed by atoms with van der Waals surface area (Å²) in [7, 11) is 1.68. The van der Waals surface area contributed by atoms with Crippen LogP contribution in [0.4, 0.5) is 0 Å². The van der Waals surface area contributed by atoms with Crippen molar-refractivity contribution >= 4 is 23.7 Å². The number of carbonyl (C=O) groups is 1. The Morgan fingerprint density at radius 3 is 2.50 bits per heavy atom. The minimum atomic E-state index is -0.993. The van der Waals surface area contributed by atoms with Crippen LogP contribution < -0.4 is 26.4 Å². The molecule has 1 aromatic heterocycles. The Labute approximate surface area is 247 Å². The maximum absolute atomic E-state index is 10.4. The molecule has 3 rings (SSSR count). The molecule has 1 aliphatic heterocycles. The van der Waals surface area contributed by atoms with Gasteiger partial charge in [0.1, 0.15) is 18.2 Å². The highest BCUT2D eigenvalue weighted by atomic mass is 16.6. The minimum Gasteiger partial charge on any atom is -0.496 e. The molecule has 0 atom stereocenters. The smallest absolute Gasteiger partial charge is 0.329 e. The van der Waals surface area contributed by atoms with Crippen molar-refractivity contribution in [3.8, 4) is 5.75 Å². The molecule has 232 valence electrons. The van der Waals surface area contributed by atoms with Crippen LogP contribution >= 0.6 is 0 Å². The van der Waals surface area contributed by atoms with Crippen LogP contribution in [0.1, 0.15) is 50.2 Å². The molecule has 2 heterocycles. The average Bonchev–Trinajstić information content (AvgIpc) is 3.36. The van der Waals surface area contributed by atoms with Gasteiger partial charge in [0.25, 0.3) is 0 Å². The number of rotatable bonds is 21. The average molecular weight is 587 g/mol. The lowest BCUT2D eigenvalue weighted by Crippen LogP contribution is -2.37. The maximum atomic E-state index is 10.4. The molecule has 2 aromatic rings. The Bertz CT molecular complexity index is 1260. The van der Waals surface area contributed by atoms with E-state index in [0.717, 1.165) is 65.5 Å². The van der Waals surface area contributed by atoms with Gasteiger partial charge in [0, 0.05) is 24.7 Å². The molecule has 0 aliphatic carbocycles. The second-order valence-electron chi connectivity index (χ2n) is 9.95. The predicted octanol–water partition coefficient (Wildman–Crippen LogP) is 1.97. The summed E-state index contributed by atoms with van der Waals surface area (Å²) in [6.07, 6.45) is 9.35. The van der Waals surface area contributed by atoms with Gasteiger partial charge in [-0.2, -0.15) is 0 Å². The predicted molar refractivity (Wildman–Crippen MR) is 162 cm³/mol. The molecule has 0 amide bonds. The summed E-state index contributed by atoms with van der Waals surface area (Å²) in [6, 6.07) is 8.29. The number of benzene rings is 1. The number of methoxy groups -OCH3 is 1. The highest BCUT2D eigenvalue weighted by Gasteiger charge is 2.11. The molecular formula is C31H46N4O7. The van der Waals surface area contributed by atoms with E-state index in [9.17, 15) is 4.79 Å². The Morgan fingerprint density at radius 2 is 1.79 bits per heavy atom. The monoisotopic (exact) mass is 586 g/mol. The van der Waals surface area contributed by atoms with Crippen molar-refractivity contribution in [3.05, 3.63) is 52.2 Å². The highest BCUT2D eigenvalue weighted by molar-refractivity contribution is 5.84. The number of hydrogen-bond acceptors (Lipinski definition) is 9. The summed E-state index contributed by atoms with van der Waals surface area (Å²) in [5.74, 6) is 1.27. The number of carboxylic acid groups (broad SMARTS) is 1. The van der Waals surface area contributed by atoms with Gasteiger partial charge in [0.05, 0.1) is 65.3 Å². The topological polar surface area (TPSA) is 139 Å². The van der Waals surface area contributed by atoms with Crippen molar-refractivity contribution in [2.75, 3.05) is 59.9 Å². The first kappa shape index (κ1) is 33.1. The number of aliphatic imine (C=N–C) groups is 1. The number of fused-ring (bicyclic) bond motifs is 1. The van der Waals surface area contributed by atoms with E-state index in [1.807, 2.05) is 6.07 Å². The van der Waals surface area contributed by atoms with Crippen LogP contribution in [-0.4, -0.2) is 81.4 Å². The van der Waals surface area contributed by atoms with E-state index in [4.69, 9.17) is 39.5 Å². The summed E-state index contributed by atoms with van der Waals surface area (Å²) >= 11 is 0. The van der Waals surface area contributed by atoms with E-state index in [1.165, 1.54) is 6.42 Å². The second kappa shape index (κ2) is 18.9. The molecule has 0 radical (unpaired) electrons. The molecule has 11 nitrogen and oxygen atoms in total. The number of nitrogens with zero attached hydrogens (tertiary/aromatic N) is 2. The van der Waals surface area contributed by atoms with Crippen LogP contribution in [0.25, 0.3) is 11.9 Å². The van der Waals surface area contributed by atoms with Gasteiger partial charge in [-0.3, -0.25) is 0 Å². The van der Waals surface area contributed by atoms with Crippen molar-refractivity contribution in [1.29, 1.82) is 0 Å². The third-order valence-electron chi connectivity index (χ3n) is 6.61. The zero-order chi connectivity index (χ0) is 30.0. The fraction of sp³-hybridized carbons (Fsp3) is 0.548. The fourth-order valence-electron chi connectivity index (χ4n) is 4.49. The van der Waals surface area contributed by atoms with Gasteiger partial charge in [-0.05, 0) is 35.8 Å². The van der Waals surface area contributed by atoms with Gasteiger partial charge in [-0.1, -0.05) is 38.0 Å². The number of ether oxygens (including phenoxy) is 5. The lowest BCUT2D eigenvalue weighted by Gasteiger charge is -2.14. The first-order valence-corrected chi connectivity index (χ1v) is 14.7. The molecule has 0 saturated carbocycles. The molecule has 0 spiro atoms. The number of aliphatic carboxylic acids is 1. The van der Waals surface area contributed by atoms with Crippen molar-refractivity contribution in [3.63, 3.8) is 0 Å². The van der Waals surface area contributed by atoms with Crippen molar-refractivity contribution in [1.82, 2.24) is 9.88 Å². The molecule has 0 fully saturated rings. The van der Waals surface area contributed by atoms with E-state index in [-0.39, 0.29) is 13.2 Å². The quantitative estimate of drug-likeness (QED) is 0.187. The third kappa shape index (κ3) is 11.5. The maximum Gasteiger partial charge on any atom is 0.329 e. The number of carboxylic acids is 1. The summed E-state index contributed by atoms with van der Waals surface area (Å²) in [5, 5.41) is 14.2. The van der Waals surface area contributed by atoms with Gasteiger partial charge >= 0.3 is 5.97 Å². The van der Waals surface area contributed by atoms with Crippen molar-refractivity contribution < 1.29 is 33.6 Å². The number of unbranched alkanes of at least 4 members (excludes halogenated alkanes) is 2. The molecule has 42 heavy (non-hydrogen) atoms. The fourth-order valence-corrected chi connectivity index (χ4v) is 4.49. The van der Waals surface area contributed by atoms with Gasteiger partial charge < -0.3 is 44.4 Å². The van der Waals surface area contributed by atoms with Crippen molar-refractivity contribution in [2.24, 2.45) is 10.7 Å².